The predicted molar refractivity (Wildman–Crippen MR) is 129 cm³/mol. The molecule has 0 aliphatic carbocycles. The van der Waals surface area contributed by atoms with Crippen LogP contribution in [0, 0.1) is 6.92 Å². The third-order valence-electron chi connectivity index (χ3n) is 5.38. The Balaban J connectivity index is 1.58. The summed E-state index contributed by atoms with van der Waals surface area (Å²) in [7, 11) is 0. The number of nitrogens with one attached hydrogen (secondary N) is 1. The fourth-order valence-electron chi connectivity index (χ4n) is 4.09. The molecular weight excluding hydrogens is 406 g/mol. The fraction of sp³-hybridized carbons (Fsp3) is 0.458. The average Bonchev–Trinajstić information content (AvgIpc) is 2.99. The third-order valence-corrected chi connectivity index (χ3v) is 6.25. The lowest BCUT2D eigenvalue weighted by Gasteiger charge is -2.25. The first-order chi connectivity index (χ1) is 14.8. The molecule has 0 saturated carbocycles. The number of aryl methyl sites for hydroxylation is 1. The molecule has 1 aliphatic heterocycles. The summed E-state index contributed by atoms with van der Waals surface area (Å²) < 4.78 is 0. The van der Waals surface area contributed by atoms with Gasteiger partial charge in [-0.3, -0.25) is 9.69 Å². The highest BCUT2D eigenvalue weighted by atomic mass is 32.1. The summed E-state index contributed by atoms with van der Waals surface area (Å²) in [6.07, 6.45) is 0.998. The summed E-state index contributed by atoms with van der Waals surface area (Å²) in [4.78, 5) is 27.6. The predicted octanol–water partition coefficient (Wildman–Crippen LogP) is 4.09. The van der Waals surface area contributed by atoms with Crippen LogP contribution >= 0.6 is 11.3 Å². The second kappa shape index (κ2) is 8.93. The lowest BCUT2D eigenvalue weighted by molar-refractivity contribution is -0.123. The number of carbonyl (C=O) groups is 1. The zero-order valence-electron chi connectivity index (χ0n) is 18.8. The van der Waals surface area contributed by atoms with Crippen LogP contribution in [0.15, 0.2) is 35.7 Å². The minimum Gasteiger partial charge on any atom is -0.355 e. The number of carbonyl (C=O) groups excluding carboxylic acids is 1. The molecular formula is C24H31N5OS. The van der Waals surface area contributed by atoms with Gasteiger partial charge in [-0.2, -0.15) is 0 Å². The van der Waals surface area contributed by atoms with Gasteiger partial charge in [-0.1, -0.05) is 30.3 Å². The first-order valence-electron chi connectivity index (χ1n) is 10.9. The Labute approximate surface area is 188 Å². The van der Waals surface area contributed by atoms with Crippen molar-refractivity contribution < 1.29 is 4.79 Å². The Hall–Kier alpha value is -2.51. The van der Waals surface area contributed by atoms with Gasteiger partial charge < -0.3 is 10.2 Å². The van der Waals surface area contributed by atoms with E-state index in [2.05, 4.69) is 44.8 Å². The SMILES string of the molecule is Cc1nc(N2CCCN(CC(=O)NC(C)(C)C)CC2)c2c(-c3ccccc3)csc2n1. The van der Waals surface area contributed by atoms with E-state index in [9.17, 15) is 4.79 Å². The maximum Gasteiger partial charge on any atom is 0.234 e. The van der Waals surface area contributed by atoms with Crippen LogP contribution in [0.4, 0.5) is 5.82 Å². The van der Waals surface area contributed by atoms with E-state index in [4.69, 9.17) is 9.97 Å². The molecule has 0 spiro atoms. The molecule has 1 N–H and O–H groups in total. The lowest BCUT2D eigenvalue weighted by atomic mass is 10.1. The molecule has 2 aromatic heterocycles. The van der Waals surface area contributed by atoms with Gasteiger partial charge in [0.25, 0.3) is 0 Å². The molecule has 7 heteroatoms. The van der Waals surface area contributed by atoms with Crippen molar-refractivity contribution >= 4 is 33.3 Å². The highest BCUT2D eigenvalue weighted by Gasteiger charge is 2.23. The number of nitrogens with zero attached hydrogens (tertiary/aromatic N) is 4. The number of thiophene rings is 1. The van der Waals surface area contributed by atoms with Crippen LogP contribution in [-0.4, -0.2) is 59.0 Å². The van der Waals surface area contributed by atoms with Gasteiger partial charge in [0, 0.05) is 42.7 Å². The van der Waals surface area contributed by atoms with Gasteiger partial charge in [0.1, 0.15) is 16.5 Å². The van der Waals surface area contributed by atoms with E-state index in [0.29, 0.717) is 6.54 Å². The summed E-state index contributed by atoms with van der Waals surface area (Å²) in [5.41, 5.74) is 2.19. The molecule has 0 atom stereocenters. The smallest absolute Gasteiger partial charge is 0.234 e. The Morgan fingerprint density at radius 3 is 2.61 bits per heavy atom. The van der Waals surface area contributed by atoms with Crippen LogP contribution in [0.3, 0.4) is 0 Å². The number of anilines is 1. The first-order valence-corrected chi connectivity index (χ1v) is 11.8. The number of fused-ring (bicyclic) bond motifs is 1. The molecule has 0 radical (unpaired) electrons. The topological polar surface area (TPSA) is 61.4 Å². The first kappa shape index (κ1) is 21.7. The molecule has 0 bridgehead atoms. The second-order valence-electron chi connectivity index (χ2n) is 9.20. The summed E-state index contributed by atoms with van der Waals surface area (Å²) >= 11 is 1.68. The summed E-state index contributed by atoms with van der Waals surface area (Å²) in [5.74, 6) is 1.91. The molecule has 1 amide bonds. The Bertz CT molecular complexity index is 1060. The summed E-state index contributed by atoms with van der Waals surface area (Å²) in [6, 6.07) is 10.5. The molecule has 3 heterocycles. The zero-order valence-corrected chi connectivity index (χ0v) is 19.6. The number of aromatic nitrogens is 2. The number of rotatable bonds is 4. The minimum absolute atomic E-state index is 0.0884. The van der Waals surface area contributed by atoms with Crippen LogP contribution in [0.1, 0.15) is 33.0 Å². The van der Waals surface area contributed by atoms with Crippen molar-refractivity contribution in [2.75, 3.05) is 37.6 Å². The highest BCUT2D eigenvalue weighted by Crippen LogP contribution is 2.38. The van der Waals surface area contributed by atoms with Gasteiger partial charge >= 0.3 is 0 Å². The van der Waals surface area contributed by atoms with E-state index in [1.54, 1.807) is 11.3 Å². The van der Waals surface area contributed by atoms with Gasteiger partial charge in [0.15, 0.2) is 0 Å². The molecule has 164 valence electrons. The average molecular weight is 438 g/mol. The lowest BCUT2D eigenvalue weighted by Crippen LogP contribution is -2.46. The van der Waals surface area contributed by atoms with Gasteiger partial charge in [-0.25, -0.2) is 9.97 Å². The quantitative estimate of drug-likeness (QED) is 0.666. The highest BCUT2D eigenvalue weighted by molar-refractivity contribution is 7.17. The maximum absolute atomic E-state index is 12.4. The van der Waals surface area contributed by atoms with Crippen molar-refractivity contribution in [3.63, 3.8) is 0 Å². The molecule has 1 aromatic carbocycles. The van der Waals surface area contributed by atoms with E-state index in [1.807, 2.05) is 33.8 Å². The largest absolute Gasteiger partial charge is 0.355 e. The molecule has 6 nitrogen and oxygen atoms in total. The van der Waals surface area contributed by atoms with E-state index < -0.39 is 0 Å². The van der Waals surface area contributed by atoms with E-state index in [1.165, 1.54) is 11.1 Å². The summed E-state index contributed by atoms with van der Waals surface area (Å²) in [6.45, 7) is 12.0. The van der Waals surface area contributed by atoms with Crippen molar-refractivity contribution in [1.29, 1.82) is 0 Å². The van der Waals surface area contributed by atoms with Crippen molar-refractivity contribution in [3.8, 4) is 11.1 Å². The fourth-order valence-corrected chi connectivity index (χ4v) is 5.08. The van der Waals surface area contributed by atoms with Crippen molar-refractivity contribution in [2.24, 2.45) is 0 Å². The number of hydrogen-bond donors (Lipinski definition) is 1. The zero-order chi connectivity index (χ0) is 22.0. The number of benzene rings is 1. The van der Waals surface area contributed by atoms with E-state index in [0.717, 1.165) is 54.5 Å². The van der Waals surface area contributed by atoms with Crippen LogP contribution in [0.2, 0.25) is 0 Å². The van der Waals surface area contributed by atoms with Gasteiger partial charge in [-0.05, 0) is 39.7 Å². The van der Waals surface area contributed by atoms with Crippen molar-refractivity contribution in [1.82, 2.24) is 20.2 Å². The van der Waals surface area contributed by atoms with E-state index >= 15 is 0 Å². The summed E-state index contributed by atoms with van der Waals surface area (Å²) in [5, 5.41) is 6.40. The third kappa shape index (κ3) is 5.22. The standard InChI is InChI=1S/C24H31N5OS/c1-17-25-22(21-19(16-31-23(21)26-17)18-9-6-5-7-10-18)29-12-8-11-28(13-14-29)15-20(30)27-24(2,3)4/h5-7,9-10,16H,8,11-15H2,1-4H3,(H,27,30). The Morgan fingerprint density at radius 2 is 1.87 bits per heavy atom. The van der Waals surface area contributed by atoms with Crippen LogP contribution in [0.25, 0.3) is 21.3 Å². The monoisotopic (exact) mass is 437 g/mol. The molecule has 3 aromatic rings. The maximum atomic E-state index is 12.4. The minimum atomic E-state index is -0.203. The van der Waals surface area contributed by atoms with Gasteiger partial charge in [-0.15, -0.1) is 11.3 Å². The van der Waals surface area contributed by atoms with E-state index in [-0.39, 0.29) is 11.4 Å². The van der Waals surface area contributed by atoms with Crippen LogP contribution in [0.5, 0.6) is 0 Å². The Morgan fingerprint density at radius 1 is 1.10 bits per heavy atom. The Kier molecular flexibility index (Phi) is 6.25. The molecule has 4 rings (SSSR count). The van der Waals surface area contributed by atoms with Crippen LogP contribution in [-0.2, 0) is 4.79 Å². The normalized spacial score (nSPS) is 15.8. The number of hydrogen-bond acceptors (Lipinski definition) is 6. The molecule has 1 fully saturated rings. The molecule has 1 aliphatic rings. The van der Waals surface area contributed by atoms with Crippen molar-refractivity contribution in [3.05, 3.63) is 41.5 Å². The van der Waals surface area contributed by atoms with Gasteiger partial charge in [0.2, 0.25) is 5.91 Å². The van der Waals surface area contributed by atoms with Gasteiger partial charge in [0.05, 0.1) is 11.9 Å². The second-order valence-corrected chi connectivity index (χ2v) is 10.1. The van der Waals surface area contributed by atoms with Crippen molar-refractivity contribution in [2.45, 2.75) is 39.7 Å². The molecule has 31 heavy (non-hydrogen) atoms. The molecule has 0 unspecified atom stereocenters. The van der Waals surface area contributed by atoms with Crippen LogP contribution < -0.4 is 10.2 Å². The molecule has 1 saturated heterocycles. The number of amides is 1.